The van der Waals surface area contributed by atoms with Gasteiger partial charge in [-0.2, -0.15) is 0 Å². The molecule has 2 atom stereocenters. The molecule has 5 nitrogen and oxygen atoms in total. The summed E-state index contributed by atoms with van der Waals surface area (Å²) in [6, 6.07) is 0. The molecule has 0 aliphatic carbocycles. The average molecular weight is 180 g/mol. The fraction of sp³-hybridized carbons (Fsp3) is 0.800. The van der Waals surface area contributed by atoms with Crippen molar-refractivity contribution in [3.05, 3.63) is 0 Å². The van der Waals surface area contributed by atoms with Crippen LogP contribution >= 0.6 is 8.03 Å². The van der Waals surface area contributed by atoms with E-state index in [0.29, 0.717) is 6.42 Å². The zero-order valence-corrected chi connectivity index (χ0v) is 6.88. The van der Waals surface area contributed by atoms with Crippen molar-refractivity contribution in [2.75, 3.05) is 0 Å². The number of aliphatic carboxylic acids is 1. The first-order chi connectivity index (χ1) is 4.95. The molecule has 0 spiro atoms. The van der Waals surface area contributed by atoms with Crippen LogP contribution < -0.4 is 4.89 Å². The molecule has 11 heavy (non-hydrogen) atoms. The molecule has 0 saturated carbocycles. The Hall–Kier alpha value is -0.510. The van der Waals surface area contributed by atoms with Crippen molar-refractivity contribution < 1.29 is 24.5 Å². The van der Waals surface area contributed by atoms with Gasteiger partial charge in [0.25, 0.3) is 0 Å². The molecule has 64 valence electrons. The maximum atomic E-state index is 10.3. The van der Waals surface area contributed by atoms with Gasteiger partial charge in [0, 0.05) is 6.42 Å². The minimum Gasteiger partial charge on any atom is -0.593 e. The van der Waals surface area contributed by atoms with Gasteiger partial charge in [0.05, 0.1) is 0 Å². The van der Waals surface area contributed by atoms with E-state index in [1.165, 1.54) is 0 Å². The third-order valence-corrected chi connectivity index (χ3v) is 2.26. The largest absolute Gasteiger partial charge is 0.593 e. The standard InChI is InChI=1S/C5H9O5P/c1-2-3-5(8,4(6)7)11(9)10/h8H,2-3H2,1H3,(H,6,7). The second kappa shape index (κ2) is 3.76. The second-order valence-electron chi connectivity index (χ2n) is 2.13. The number of aliphatic hydroxyl groups is 1. The number of carbonyl (C=O) groups is 1. The summed E-state index contributed by atoms with van der Waals surface area (Å²) in [5.41, 5.74) is 0. The van der Waals surface area contributed by atoms with Crippen molar-refractivity contribution in [3.63, 3.8) is 0 Å². The summed E-state index contributed by atoms with van der Waals surface area (Å²) in [4.78, 5) is 20.5. The van der Waals surface area contributed by atoms with Crippen molar-refractivity contribution in [3.8, 4) is 0 Å². The van der Waals surface area contributed by atoms with Gasteiger partial charge in [0.1, 0.15) is 0 Å². The summed E-state index contributed by atoms with van der Waals surface area (Å²) in [5.74, 6) is -1.71. The van der Waals surface area contributed by atoms with E-state index in [0.717, 1.165) is 0 Å². The van der Waals surface area contributed by atoms with Crippen molar-refractivity contribution in [2.45, 2.75) is 25.1 Å². The molecule has 0 aliphatic rings. The summed E-state index contributed by atoms with van der Waals surface area (Å²) in [6.07, 6.45) is 0.0210. The summed E-state index contributed by atoms with van der Waals surface area (Å²) in [7, 11) is -3.34. The first-order valence-corrected chi connectivity index (χ1v) is 4.23. The molecule has 0 radical (unpaired) electrons. The van der Waals surface area contributed by atoms with Crippen LogP contribution in [0, 0.1) is 0 Å². The van der Waals surface area contributed by atoms with Gasteiger partial charge in [0.2, 0.25) is 0 Å². The minimum atomic E-state index is -3.34. The fourth-order valence-corrected chi connectivity index (χ4v) is 1.19. The molecule has 0 aliphatic heterocycles. The first-order valence-electron chi connectivity index (χ1n) is 3.05. The molecule has 0 heterocycles. The van der Waals surface area contributed by atoms with Gasteiger partial charge in [0.15, 0.2) is 0 Å². The molecule has 0 bridgehead atoms. The molecule has 0 saturated heterocycles. The molecule has 0 aromatic carbocycles. The lowest BCUT2D eigenvalue weighted by Gasteiger charge is -2.12. The van der Waals surface area contributed by atoms with E-state index in [4.69, 9.17) is 10.2 Å². The SMILES string of the molecule is CCCC(O)(C(=O)O)[P+](=O)[O-]. The molecule has 2 unspecified atom stereocenters. The van der Waals surface area contributed by atoms with Crippen LogP contribution in [0.3, 0.4) is 0 Å². The molecule has 0 aromatic rings. The Kier molecular flexibility index (Phi) is 3.58. The lowest BCUT2D eigenvalue weighted by molar-refractivity contribution is -0.186. The van der Waals surface area contributed by atoms with E-state index >= 15 is 0 Å². The zero-order chi connectivity index (χ0) is 9.07. The van der Waals surface area contributed by atoms with Crippen LogP contribution in [0.25, 0.3) is 0 Å². The van der Waals surface area contributed by atoms with Crippen LogP contribution in [0.15, 0.2) is 0 Å². The molecular formula is C5H9O5P. The Balaban J connectivity index is 4.52. The lowest BCUT2D eigenvalue weighted by Crippen LogP contribution is -2.36. The maximum Gasteiger partial charge on any atom is 0.387 e. The summed E-state index contributed by atoms with van der Waals surface area (Å²) in [5, 5.41) is 14.7. The predicted octanol–water partition coefficient (Wildman–Crippen LogP) is -0.338. The fourth-order valence-electron chi connectivity index (χ4n) is 0.625. The molecule has 6 heteroatoms. The highest BCUT2D eigenvalue weighted by Gasteiger charge is 2.48. The Bertz CT molecular complexity index is 164. The highest BCUT2D eigenvalue weighted by atomic mass is 31.1. The minimum absolute atomic E-state index is 0.277. The van der Waals surface area contributed by atoms with Gasteiger partial charge >= 0.3 is 19.3 Å². The Morgan fingerprint density at radius 1 is 1.73 bits per heavy atom. The third-order valence-electron chi connectivity index (χ3n) is 1.24. The van der Waals surface area contributed by atoms with Crippen molar-refractivity contribution in [2.24, 2.45) is 0 Å². The molecule has 0 rings (SSSR count). The van der Waals surface area contributed by atoms with Gasteiger partial charge in [-0.25, -0.2) is 4.79 Å². The quantitative estimate of drug-likeness (QED) is 0.577. The van der Waals surface area contributed by atoms with E-state index in [9.17, 15) is 14.3 Å². The average Bonchev–Trinajstić information content (AvgIpc) is 1.87. The molecule has 0 aromatic heterocycles. The van der Waals surface area contributed by atoms with Crippen LogP contribution in [0.1, 0.15) is 19.8 Å². The smallest absolute Gasteiger partial charge is 0.387 e. The molecule has 0 amide bonds. The van der Waals surface area contributed by atoms with E-state index in [1.54, 1.807) is 6.92 Å². The van der Waals surface area contributed by atoms with E-state index in [-0.39, 0.29) is 6.42 Å². The predicted molar refractivity (Wildman–Crippen MR) is 35.1 cm³/mol. The van der Waals surface area contributed by atoms with Gasteiger partial charge in [-0.05, 0) is 6.42 Å². The monoisotopic (exact) mass is 180 g/mol. The van der Waals surface area contributed by atoms with Crippen LogP contribution in [0.2, 0.25) is 0 Å². The van der Waals surface area contributed by atoms with Crippen LogP contribution in [-0.4, -0.2) is 21.5 Å². The third kappa shape index (κ3) is 2.22. The summed E-state index contributed by atoms with van der Waals surface area (Å²) < 4.78 is 10.3. The van der Waals surface area contributed by atoms with E-state index in [1.807, 2.05) is 0 Å². The highest BCUT2D eigenvalue weighted by molar-refractivity contribution is 7.39. The van der Waals surface area contributed by atoms with Gasteiger partial charge < -0.3 is 15.1 Å². The second-order valence-corrected chi connectivity index (χ2v) is 3.38. The lowest BCUT2D eigenvalue weighted by atomic mass is 10.2. The zero-order valence-electron chi connectivity index (χ0n) is 5.98. The normalized spacial score (nSPS) is 17.2. The topological polar surface area (TPSA) is 97.7 Å². The number of hydrogen-bond acceptors (Lipinski definition) is 4. The van der Waals surface area contributed by atoms with Crippen molar-refractivity contribution in [1.29, 1.82) is 0 Å². The number of carboxylic acids is 1. The van der Waals surface area contributed by atoms with Crippen LogP contribution in [0.4, 0.5) is 0 Å². The Morgan fingerprint density at radius 2 is 2.18 bits per heavy atom. The molecular weight excluding hydrogens is 171 g/mol. The number of carboxylic acid groups (broad SMARTS) is 1. The first kappa shape index (κ1) is 10.5. The Morgan fingerprint density at radius 3 is 2.27 bits per heavy atom. The van der Waals surface area contributed by atoms with Gasteiger partial charge in [-0.3, -0.25) is 0 Å². The summed E-state index contributed by atoms with van der Waals surface area (Å²) in [6.45, 7) is 1.59. The van der Waals surface area contributed by atoms with Gasteiger partial charge in [-0.15, -0.1) is 0 Å². The van der Waals surface area contributed by atoms with Gasteiger partial charge in [-0.1, -0.05) is 11.5 Å². The van der Waals surface area contributed by atoms with Crippen molar-refractivity contribution in [1.82, 2.24) is 0 Å². The highest BCUT2D eigenvalue weighted by Crippen LogP contribution is 2.33. The van der Waals surface area contributed by atoms with Crippen LogP contribution in [0.5, 0.6) is 0 Å². The van der Waals surface area contributed by atoms with Crippen molar-refractivity contribution >= 4 is 14.0 Å². The van der Waals surface area contributed by atoms with Crippen LogP contribution in [-0.2, 0) is 9.36 Å². The van der Waals surface area contributed by atoms with E-state index in [2.05, 4.69) is 0 Å². The molecule has 0 fully saturated rings. The maximum absolute atomic E-state index is 10.3. The summed E-state index contributed by atoms with van der Waals surface area (Å²) >= 11 is 0. The number of rotatable bonds is 4. The Labute approximate surface area is 64.5 Å². The van der Waals surface area contributed by atoms with E-state index < -0.39 is 19.3 Å². The molecule has 2 N–H and O–H groups in total. The number of hydrogen-bond donors (Lipinski definition) is 2.